The Bertz CT molecular complexity index is 630. The van der Waals surface area contributed by atoms with Gasteiger partial charge in [-0.15, -0.1) is 0 Å². The lowest BCUT2D eigenvalue weighted by Crippen LogP contribution is -2.15. The fraction of sp³-hybridized carbons (Fsp3) is 0.625. The molecule has 0 aromatic carbocycles. The van der Waals surface area contributed by atoms with Crippen molar-refractivity contribution in [3.05, 3.63) is 24.3 Å². The minimum atomic E-state index is -1.50. The molecule has 0 aliphatic carbocycles. The normalized spacial score (nSPS) is 21.3. The van der Waals surface area contributed by atoms with Gasteiger partial charge in [0.25, 0.3) is 0 Å². The van der Waals surface area contributed by atoms with E-state index in [4.69, 9.17) is 20.1 Å². The second-order valence-electron chi connectivity index (χ2n) is 6.10. The number of aryl methyl sites for hydroxylation is 1. The van der Waals surface area contributed by atoms with Gasteiger partial charge in [-0.25, -0.2) is 9.97 Å². The topological polar surface area (TPSA) is 101 Å². The second-order valence-corrected chi connectivity index (χ2v) is 6.10. The van der Waals surface area contributed by atoms with E-state index in [1.807, 2.05) is 16.8 Å². The van der Waals surface area contributed by atoms with Crippen LogP contribution in [0.5, 0.6) is 0 Å². The summed E-state index contributed by atoms with van der Waals surface area (Å²) in [5.74, 6) is -1.50. The quantitative estimate of drug-likeness (QED) is 0.738. The molecule has 0 bridgehead atoms. The van der Waals surface area contributed by atoms with Crippen LogP contribution < -0.4 is 0 Å². The average molecular weight is 323 g/mol. The highest BCUT2D eigenvalue weighted by atomic mass is 16.5. The van der Waals surface area contributed by atoms with Crippen molar-refractivity contribution in [3.63, 3.8) is 0 Å². The lowest BCUT2D eigenvalue weighted by Gasteiger charge is -2.14. The first-order valence-corrected chi connectivity index (χ1v) is 7.85. The number of rotatable bonds is 3. The molecule has 1 saturated heterocycles. The lowest BCUT2D eigenvalue weighted by molar-refractivity contribution is -0.127. The van der Waals surface area contributed by atoms with E-state index in [0.29, 0.717) is 0 Å². The van der Waals surface area contributed by atoms with Gasteiger partial charge in [-0.2, -0.15) is 0 Å². The molecule has 1 aliphatic rings. The van der Waals surface area contributed by atoms with E-state index in [1.165, 1.54) is 13.8 Å². The van der Waals surface area contributed by atoms with E-state index >= 15 is 0 Å². The number of hydrogen-bond acceptors (Lipinski definition) is 6. The Balaban J connectivity index is 0.000000338. The summed E-state index contributed by atoms with van der Waals surface area (Å²) in [4.78, 5) is 8.65. The molecule has 0 spiro atoms. The maximum Gasteiger partial charge on any atom is 0.156 e. The first-order valence-electron chi connectivity index (χ1n) is 7.85. The molecular weight excluding hydrogens is 298 g/mol. The summed E-state index contributed by atoms with van der Waals surface area (Å²) in [5.41, 5.74) is 1.99. The highest BCUT2D eigenvalue weighted by Gasteiger charge is 2.27. The third kappa shape index (κ3) is 4.71. The SMILES string of the molecule is CC(C)(O)O.CCc1ncnc2c1ccn2C1CCC(CO)O1. The highest BCUT2D eigenvalue weighted by molar-refractivity contribution is 5.78. The van der Waals surface area contributed by atoms with Crippen LogP contribution in [-0.4, -0.2) is 48.4 Å². The average Bonchev–Trinajstić information content (AvgIpc) is 3.10. The van der Waals surface area contributed by atoms with E-state index in [1.54, 1.807) is 6.33 Å². The van der Waals surface area contributed by atoms with Crippen molar-refractivity contribution in [3.8, 4) is 0 Å². The molecule has 3 heterocycles. The minimum absolute atomic E-state index is 0.0146. The fourth-order valence-electron chi connectivity index (χ4n) is 2.56. The van der Waals surface area contributed by atoms with Crippen LogP contribution in [0.1, 0.15) is 45.5 Å². The molecule has 23 heavy (non-hydrogen) atoms. The van der Waals surface area contributed by atoms with Crippen molar-refractivity contribution in [2.75, 3.05) is 6.61 Å². The van der Waals surface area contributed by atoms with Gasteiger partial charge >= 0.3 is 0 Å². The lowest BCUT2D eigenvalue weighted by atomic mass is 10.2. The van der Waals surface area contributed by atoms with E-state index < -0.39 is 5.79 Å². The van der Waals surface area contributed by atoms with Crippen molar-refractivity contribution in [2.45, 2.75) is 58.2 Å². The summed E-state index contributed by atoms with van der Waals surface area (Å²) in [7, 11) is 0. The second kappa shape index (κ2) is 7.35. The van der Waals surface area contributed by atoms with Crippen molar-refractivity contribution in [2.24, 2.45) is 0 Å². The third-order valence-electron chi connectivity index (χ3n) is 3.53. The van der Waals surface area contributed by atoms with Crippen LogP contribution in [0.4, 0.5) is 0 Å². The minimum Gasteiger partial charge on any atom is -0.394 e. The molecule has 1 aliphatic heterocycles. The van der Waals surface area contributed by atoms with Gasteiger partial charge < -0.3 is 24.6 Å². The molecule has 0 radical (unpaired) electrons. The molecule has 0 saturated carbocycles. The van der Waals surface area contributed by atoms with Crippen LogP contribution in [-0.2, 0) is 11.2 Å². The van der Waals surface area contributed by atoms with Gasteiger partial charge in [0.05, 0.1) is 18.4 Å². The van der Waals surface area contributed by atoms with E-state index in [9.17, 15) is 0 Å². The Morgan fingerprint density at radius 3 is 2.57 bits per heavy atom. The zero-order chi connectivity index (χ0) is 17.0. The van der Waals surface area contributed by atoms with Gasteiger partial charge in [0.1, 0.15) is 18.2 Å². The van der Waals surface area contributed by atoms with E-state index in [2.05, 4.69) is 16.9 Å². The van der Waals surface area contributed by atoms with Crippen LogP contribution >= 0.6 is 0 Å². The molecule has 0 amide bonds. The van der Waals surface area contributed by atoms with Gasteiger partial charge in [-0.3, -0.25) is 0 Å². The maximum atomic E-state index is 9.12. The van der Waals surface area contributed by atoms with E-state index in [-0.39, 0.29) is 18.9 Å². The van der Waals surface area contributed by atoms with Crippen LogP contribution in [0, 0.1) is 0 Å². The van der Waals surface area contributed by atoms with E-state index in [0.717, 1.165) is 36.0 Å². The number of hydrogen-bond donors (Lipinski definition) is 3. The Morgan fingerprint density at radius 1 is 1.30 bits per heavy atom. The zero-order valence-electron chi connectivity index (χ0n) is 13.8. The summed E-state index contributed by atoms with van der Waals surface area (Å²) in [6.07, 6.45) is 6.26. The Kier molecular flexibility index (Phi) is 5.69. The number of fused-ring (bicyclic) bond motifs is 1. The molecule has 1 fully saturated rings. The van der Waals surface area contributed by atoms with Crippen molar-refractivity contribution in [1.82, 2.24) is 14.5 Å². The van der Waals surface area contributed by atoms with Gasteiger partial charge in [-0.1, -0.05) is 6.92 Å². The maximum absolute atomic E-state index is 9.12. The first kappa shape index (κ1) is 17.8. The van der Waals surface area contributed by atoms with Crippen molar-refractivity contribution < 1.29 is 20.1 Å². The Hall–Kier alpha value is -1.54. The number of aliphatic hydroxyl groups is 3. The molecule has 128 valence electrons. The molecule has 2 aromatic heterocycles. The third-order valence-corrected chi connectivity index (χ3v) is 3.53. The summed E-state index contributed by atoms with van der Waals surface area (Å²) in [6.45, 7) is 4.78. The molecular formula is C16H25N3O4. The van der Waals surface area contributed by atoms with Crippen LogP contribution in [0.3, 0.4) is 0 Å². The van der Waals surface area contributed by atoms with Crippen LogP contribution in [0.15, 0.2) is 18.6 Å². The molecule has 2 aromatic rings. The predicted molar refractivity (Wildman–Crippen MR) is 85.7 cm³/mol. The van der Waals surface area contributed by atoms with Gasteiger partial charge in [0.2, 0.25) is 0 Å². The zero-order valence-corrected chi connectivity index (χ0v) is 13.8. The van der Waals surface area contributed by atoms with Gasteiger partial charge in [0, 0.05) is 11.6 Å². The standard InChI is InChI=1S/C13H17N3O2.C3H8O2/c1-2-11-10-5-6-16(13(10)15-8-14-11)12-4-3-9(7-17)18-12;1-3(2,4)5/h5-6,8-9,12,17H,2-4,7H2,1H3;4-5H,1-2H3. The smallest absolute Gasteiger partial charge is 0.156 e. The first-order chi connectivity index (χ1) is 10.8. The molecule has 7 nitrogen and oxygen atoms in total. The number of nitrogens with zero attached hydrogens (tertiary/aromatic N) is 3. The number of aliphatic hydroxyl groups excluding tert-OH is 1. The summed E-state index contributed by atoms with van der Waals surface area (Å²) >= 11 is 0. The summed E-state index contributed by atoms with van der Waals surface area (Å²) in [5, 5.41) is 26.4. The Labute approximate surface area is 135 Å². The number of aromatic nitrogens is 3. The van der Waals surface area contributed by atoms with Crippen molar-refractivity contribution in [1.29, 1.82) is 0 Å². The fourth-order valence-corrected chi connectivity index (χ4v) is 2.56. The molecule has 3 rings (SSSR count). The van der Waals surface area contributed by atoms with Gasteiger partial charge in [0.15, 0.2) is 5.79 Å². The monoisotopic (exact) mass is 323 g/mol. The number of ether oxygens (including phenoxy) is 1. The largest absolute Gasteiger partial charge is 0.394 e. The van der Waals surface area contributed by atoms with Crippen LogP contribution in [0.25, 0.3) is 11.0 Å². The molecule has 7 heteroatoms. The predicted octanol–water partition coefficient (Wildman–Crippen LogP) is 1.37. The Morgan fingerprint density at radius 2 is 2.00 bits per heavy atom. The van der Waals surface area contributed by atoms with Gasteiger partial charge in [-0.05, 0) is 39.2 Å². The summed E-state index contributed by atoms with van der Waals surface area (Å²) in [6, 6.07) is 2.05. The van der Waals surface area contributed by atoms with Crippen molar-refractivity contribution >= 4 is 11.0 Å². The van der Waals surface area contributed by atoms with Crippen LogP contribution in [0.2, 0.25) is 0 Å². The molecule has 2 unspecified atom stereocenters. The molecule has 2 atom stereocenters. The highest BCUT2D eigenvalue weighted by Crippen LogP contribution is 2.31. The summed E-state index contributed by atoms with van der Waals surface area (Å²) < 4.78 is 7.84. The molecule has 3 N–H and O–H groups in total.